The van der Waals surface area contributed by atoms with E-state index in [4.69, 9.17) is 11.6 Å². The number of nitrogens with zero attached hydrogens (tertiary/aromatic N) is 1. The van der Waals surface area contributed by atoms with Crippen molar-refractivity contribution >= 4 is 27.5 Å². The van der Waals surface area contributed by atoms with Gasteiger partial charge in [0.25, 0.3) is 0 Å². The van der Waals surface area contributed by atoms with Crippen LogP contribution >= 0.6 is 27.5 Å². The lowest BCUT2D eigenvalue weighted by molar-refractivity contribution is 0.524. The van der Waals surface area contributed by atoms with Gasteiger partial charge in [-0.1, -0.05) is 40.5 Å². The Hall–Kier alpha value is -0.900. The van der Waals surface area contributed by atoms with Gasteiger partial charge in [0.2, 0.25) is 0 Å². The van der Waals surface area contributed by atoms with Crippen molar-refractivity contribution in [1.82, 2.24) is 10.3 Å². The SMILES string of the molecule is CCCNC(Cc1ccccn1)c1cc(Br)ccc1Cl. The van der Waals surface area contributed by atoms with Crippen molar-refractivity contribution in [3.05, 3.63) is 63.3 Å². The summed E-state index contributed by atoms with van der Waals surface area (Å²) in [4.78, 5) is 4.41. The first kappa shape index (κ1) is 15.5. The lowest BCUT2D eigenvalue weighted by atomic mass is 10.0. The molecule has 1 atom stereocenters. The average Bonchev–Trinajstić information content (AvgIpc) is 2.47. The lowest BCUT2D eigenvalue weighted by Crippen LogP contribution is -2.24. The van der Waals surface area contributed by atoms with E-state index in [2.05, 4.69) is 39.2 Å². The molecule has 106 valence electrons. The minimum absolute atomic E-state index is 0.176. The maximum absolute atomic E-state index is 6.35. The number of halogens is 2. The first-order chi connectivity index (χ1) is 9.70. The highest BCUT2D eigenvalue weighted by atomic mass is 79.9. The summed E-state index contributed by atoms with van der Waals surface area (Å²) in [5, 5.41) is 4.35. The fraction of sp³-hybridized carbons (Fsp3) is 0.312. The molecule has 0 fully saturated rings. The number of rotatable bonds is 6. The summed E-state index contributed by atoms with van der Waals surface area (Å²) in [6, 6.07) is 12.1. The maximum atomic E-state index is 6.35. The van der Waals surface area contributed by atoms with Gasteiger partial charge in [-0.2, -0.15) is 0 Å². The van der Waals surface area contributed by atoms with E-state index >= 15 is 0 Å². The molecule has 1 heterocycles. The third-order valence-corrected chi connectivity index (χ3v) is 3.95. The van der Waals surface area contributed by atoms with Crippen molar-refractivity contribution in [2.45, 2.75) is 25.8 Å². The van der Waals surface area contributed by atoms with Gasteiger partial charge in [0.15, 0.2) is 0 Å². The number of hydrogen-bond donors (Lipinski definition) is 1. The van der Waals surface area contributed by atoms with Crippen LogP contribution in [0.5, 0.6) is 0 Å². The summed E-state index contributed by atoms with van der Waals surface area (Å²) >= 11 is 9.87. The second-order valence-electron chi connectivity index (χ2n) is 4.70. The third-order valence-electron chi connectivity index (χ3n) is 3.11. The van der Waals surface area contributed by atoms with Gasteiger partial charge in [-0.25, -0.2) is 0 Å². The molecule has 1 N–H and O–H groups in total. The molecular formula is C16H18BrClN2. The Morgan fingerprint density at radius 3 is 2.85 bits per heavy atom. The van der Waals surface area contributed by atoms with E-state index < -0.39 is 0 Å². The largest absolute Gasteiger partial charge is 0.310 e. The molecule has 0 amide bonds. The van der Waals surface area contributed by atoms with Gasteiger partial charge < -0.3 is 5.32 Å². The van der Waals surface area contributed by atoms with Crippen LogP contribution in [-0.2, 0) is 6.42 Å². The first-order valence-electron chi connectivity index (χ1n) is 6.79. The molecule has 1 aromatic carbocycles. The Labute approximate surface area is 133 Å². The minimum Gasteiger partial charge on any atom is -0.310 e. The lowest BCUT2D eigenvalue weighted by Gasteiger charge is -2.20. The molecule has 0 radical (unpaired) electrons. The Morgan fingerprint density at radius 1 is 1.30 bits per heavy atom. The molecule has 1 unspecified atom stereocenters. The van der Waals surface area contributed by atoms with Crippen molar-refractivity contribution in [1.29, 1.82) is 0 Å². The Balaban J connectivity index is 2.24. The second-order valence-corrected chi connectivity index (χ2v) is 6.02. The number of hydrogen-bond acceptors (Lipinski definition) is 2. The second kappa shape index (κ2) is 7.77. The summed E-state index contributed by atoms with van der Waals surface area (Å²) in [6.07, 6.45) is 3.75. The highest BCUT2D eigenvalue weighted by molar-refractivity contribution is 9.10. The Kier molecular flexibility index (Phi) is 6.02. The first-order valence-corrected chi connectivity index (χ1v) is 7.96. The highest BCUT2D eigenvalue weighted by Crippen LogP contribution is 2.28. The van der Waals surface area contributed by atoms with Crippen LogP contribution in [0.1, 0.15) is 30.6 Å². The standard InChI is InChI=1S/C16H18BrClN2/c1-2-8-20-16(11-13-5-3-4-9-19-13)14-10-12(17)6-7-15(14)18/h3-7,9-10,16,20H,2,8,11H2,1H3. The third kappa shape index (κ3) is 4.30. The zero-order chi connectivity index (χ0) is 14.4. The predicted octanol–water partition coefficient (Wildman–Crippen LogP) is 4.78. The van der Waals surface area contributed by atoms with Gasteiger partial charge in [-0.3, -0.25) is 4.98 Å². The number of benzene rings is 1. The van der Waals surface area contributed by atoms with Crippen molar-refractivity contribution in [2.24, 2.45) is 0 Å². The molecule has 0 bridgehead atoms. The molecule has 1 aromatic heterocycles. The van der Waals surface area contributed by atoms with E-state index in [-0.39, 0.29) is 6.04 Å². The Morgan fingerprint density at radius 2 is 2.15 bits per heavy atom. The van der Waals surface area contributed by atoms with E-state index in [0.29, 0.717) is 0 Å². The van der Waals surface area contributed by atoms with Crippen LogP contribution in [0.2, 0.25) is 5.02 Å². The number of pyridine rings is 1. The van der Waals surface area contributed by atoms with Crippen LogP contribution < -0.4 is 5.32 Å². The van der Waals surface area contributed by atoms with E-state index in [0.717, 1.165) is 40.1 Å². The molecular weight excluding hydrogens is 336 g/mol. The van der Waals surface area contributed by atoms with Crippen molar-refractivity contribution in [2.75, 3.05) is 6.54 Å². The molecule has 0 aliphatic carbocycles. The molecule has 0 aliphatic heterocycles. The number of nitrogens with one attached hydrogen (secondary N) is 1. The Bertz CT molecular complexity index is 545. The summed E-state index contributed by atoms with van der Waals surface area (Å²) in [7, 11) is 0. The van der Waals surface area contributed by atoms with Gasteiger partial charge in [0.05, 0.1) is 0 Å². The van der Waals surface area contributed by atoms with E-state index in [1.54, 1.807) is 0 Å². The van der Waals surface area contributed by atoms with Crippen molar-refractivity contribution in [3.63, 3.8) is 0 Å². The van der Waals surface area contributed by atoms with Crippen molar-refractivity contribution < 1.29 is 0 Å². The molecule has 4 heteroatoms. The molecule has 0 aliphatic rings. The summed E-state index contributed by atoms with van der Waals surface area (Å²) in [5.41, 5.74) is 2.18. The predicted molar refractivity (Wildman–Crippen MR) is 88.1 cm³/mol. The number of aromatic nitrogens is 1. The van der Waals surface area contributed by atoms with Crippen LogP contribution in [0.15, 0.2) is 47.1 Å². The fourth-order valence-corrected chi connectivity index (χ4v) is 2.75. The van der Waals surface area contributed by atoms with Crippen LogP contribution in [0.25, 0.3) is 0 Å². The van der Waals surface area contributed by atoms with Gasteiger partial charge in [0, 0.05) is 33.8 Å². The fourth-order valence-electron chi connectivity index (χ4n) is 2.12. The van der Waals surface area contributed by atoms with Crippen LogP contribution in [0, 0.1) is 0 Å². The van der Waals surface area contributed by atoms with Gasteiger partial charge in [0.1, 0.15) is 0 Å². The van der Waals surface area contributed by atoms with E-state index in [9.17, 15) is 0 Å². The summed E-state index contributed by atoms with van der Waals surface area (Å²) in [6.45, 7) is 3.12. The molecule has 2 rings (SSSR count). The average molecular weight is 354 g/mol. The monoisotopic (exact) mass is 352 g/mol. The van der Waals surface area contributed by atoms with Crippen LogP contribution in [0.4, 0.5) is 0 Å². The quantitative estimate of drug-likeness (QED) is 0.808. The van der Waals surface area contributed by atoms with Gasteiger partial charge in [-0.05, 0) is 48.9 Å². The van der Waals surface area contributed by atoms with Crippen molar-refractivity contribution in [3.8, 4) is 0 Å². The van der Waals surface area contributed by atoms with Crippen LogP contribution in [-0.4, -0.2) is 11.5 Å². The summed E-state index contributed by atoms with van der Waals surface area (Å²) in [5.74, 6) is 0. The molecule has 0 spiro atoms. The maximum Gasteiger partial charge on any atom is 0.0454 e. The molecule has 0 saturated heterocycles. The topological polar surface area (TPSA) is 24.9 Å². The molecule has 2 aromatic rings. The minimum atomic E-state index is 0.176. The normalized spacial score (nSPS) is 12.3. The van der Waals surface area contributed by atoms with E-state index in [1.807, 2.05) is 36.5 Å². The molecule has 20 heavy (non-hydrogen) atoms. The highest BCUT2D eigenvalue weighted by Gasteiger charge is 2.15. The van der Waals surface area contributed by atoms with E-state index in [1.165, 1.54) is 0 Å². The summed E-state index contributed by atoms with van der Waals surface area (Å²) < 4.78 is 1.04. The molecule has 0 saturated carbocycles. The van der Waals surface area contributed by atoms with Crippen LogP contribution in [0.3, 0.4) is 0 Å². The zero-order valence-corrected chi connectivity index (χ0v) is 13.8. The van der Waals surface area contributed by atoms with Gasteiger partial charge in [-0.15, -0.1) is 0 Å². The smallest absolute Gasteiger partial charge is 0.0454 e. The van der Waals surface area contributed by atoms with Gasteiger partial charge >= 0.3 is 0 Å². The molecule has 2 nitrogen and oxygen atoms in total. The zero-order valence-electron chi connectivity index (χ0n) is 11.4.